The summed E-state index contributed by atoms with van der Waals surface area (Å²) in [4.78, 5) is 12.6. The lowest BCUT2D eigenvalue weighted by Gasteiger charge is -2.19. The zero-order chi connectivity index (χ0) is 11.3. The van der Waals surface area contributed by atoms with Gasteiger partial charge in [0.15, 0.2) is 5.78 Å². The molecule has 0 amide bonds. The third-order valence-corrected chi connectivity index (χ3v) is 4.94. The number of aryl methyl sites for hydroxylation is 1. The summed E-state index contributed by atoms with van der Waals surface area (Å²) < 4.78 is 0.988. The molecular formula is C14H15BrO. The molecule has 1 saturated carbocycles. The second-order valence-electron chi connectivity index (χ2n) is 5.21. The normalized spacial score (nSPS) is 21.8. The Morgan fingerprint density at radius 1 is 1.25 bits per heavy atom. The molecule has 0 unspecified atom stereocenters. The van der Waals surface area contributed by atoms with Crippen molar-refractivity contribution in [2.75, 3.05) is 0 Å². The number of hydrogen-bond donors (Lipinski definition) is 0. The SMILES string of the molecule is Cc1ccc(Br)c2c1CC1(CCCC1)C2=O. The van der Waals surface area contributed by atoms with Crippen molar-refractivity contribution in [3.8, 4) is 0 Å². The minimum Gasteiger partial charge on any atom is -0.293 e. The number of hydrogen-bond acceptors (Lipinski definition) is 1. The third-order valence-electron chi connectivity index (χ3n) is 4.28. The minimum absolute atomic E-state index is 0.0308. The van der Waals surface area contributed by atoms with Crippen LogP contribution in [0.3, 0.4) is 0 Å². The zero-order valence-corrected chi connectivity index (χ0v) is 11.1. The first kappa shape index (κ1) is 10.5. The number of fused-ring (bicyclic) bond motifs is 1. The maximum atomic E-state index is 12.6. The van der Waals surface area contributed by atoms with Gasteiger partial charge in [-0.25, -0.2) is 0 Å². The Hall–Kier alpha value is -0.630. The molecule has 0 atom stereocenters. The number of ketones is 1. The summed E-state index contributed by atoms with van der Waals surface area (Å²) in [6, 6.07) is 4.13. The predicted molar refractivity (Wildman–Crippen MR) is 67.8 cm³/mol. The Balaban J connectivity index is 2.17. The summed E-state index contributed by atoms with van der Waals surface area (Å²) in [5, 5.41) is 0. The summed E-state index contributed by atoms with van der Waals surface area (Å²) in [6.07, 6.45) is 5.60. The van der Waals surface area contributed by atoms with Gasteiger partial charge < -0.3 is 0 Å². The largest absolute Gasteiger partial charge is 0.293 e. The molecule has 0 N–H and O–H groups in total. The molecule has 1 spiro atoms. The van der Waals surface area contributed by atoms with Gasteiger partial charge in [-0.15, -0.1) is 0 Å². The van der Waals surface area contributed by atoms with E-state index in [4.69, 9.17) is 0 Å². The van der Waals surface area contributed by atoms with Crippen LogP contribution >= 0.6 is 15.9 Å². The van der Waals surface area contributed by atoms with Crippen molar-refractivity contribution in [2.24, 2.45) is 5.41 Å². The summed E-state index contributed by atoms with van der Waals surface area (Å²) >= 11 is 3.53. The first-order chi connectivity index (χ1) is 7.64. The van der Waals surface area contributed by atoms with Gasteiger partial charge in [0.05, 0.1) is 0 Å². The van der Waals surface area contributed by atoms with E-state index in [9.17, 15) is 4.79 Å². The highest BCUT2D eigenvalue weighted by molar-refractivity contribution is 9.10. The van der Waals surface area contributed by atoms with Crippen LogP contribution in [-0.2, 0) is 6.42 Å². The molecule has 0 aromatic heterocycles. The van der Waals surface area contributed by atoms with Crippen molar-refractivity contribution >= 4 is 21.7 Å². The average molecular weight is 279 g/mol. The topological polar surface area (TPSA) is 17.1 Å². The molecule has 84 valence electrons. The Morgan fingerprint density at radius 3 is 2.56 bits per heavy atom. The lowest BCUT2D eigenvalue weighted by molar-refractivity contribution is 0.0826. The lowest BCUT2D eigenvalue weighted by atomic mass is 9.82. The number of carbonyl (C=O) groups excluding carboxylic acids is 1. The molecule has 2 heteroatoms. The molecule has 1 fully saturated rings. The van der Waals surface area contributed by atoms with Gasteiger partial charge >= 0.3 is 0 Å². The summed E-state index contributed by atoms with van der Waals surface area (Å²) in [5.74, 6) is 0.399. The molecule has 1 aromatic rings. The van der Waals surface area contributed by atoms with Gasteiger partial charge in [-0.2, -0.15) is 0 Å². The zero-order valence-electron chi connectivity index (χ0n) is 9.48. The number of benzene rings is 1. The minimum atomic E-state index is -0.0308. The van der Waals surface area contributed by atoms with Crippen LogP contribution in [0.1, 0.15) is 47.2 Å². The summed E-state index contributed by atoms with van der Waals surface area (Å²) in [7, 11) is 0. The molecule has 2 aliphatic rings. The van der Waals surface area contributed by atoms with Crippen LogP contribution in [0.15, 0.2) is 16.6 Å². The molecule has 0 radical (unpaired) electrons. The number of Topliss-reactive ketones (excluding diaryl/α,β-unsaturated/α-hetero) is 1. The highest BCUT2D eigenvalue weighted by Gasteiger charge is 2.48. The Bertz CT molecular complexity index is 470. The van der Waals surface area contributed by atoms with Gasteiger partial charge in [0.1, 0.15) is 0 Å². The van der Waals surface area contributed by atoms with Gasteiger partial charge in [-0.1, -0.05) is 34.8 Å². The summed E-state index contributed by atoms with van der Waals surface area (Å²) in [6.45, 7) is 2.12. The van der Waals surface area contributed by atoms with Crippen LogP contribution in [0.2, 0.25) is 0 Å². The molecule has 16 heavy (non-hydrogen) atoms. The first-order valence-corrected chi connectivity index (χ1v) is 6.76. The molecule has 3 rings (SSSR count). The fourth-order valence-corrected chi connectivity index (χ4v) is 3.89. The Labute approximate surface area is 104 Å². The van der Waals surface area contributed by atoms with Crippen molar-refractivity contribution in [3.05, 3.63) is 33.3 Å². The van der Waals surface area contributed by atoms with Crippen molar-refractivity contribution in [1.29, 1.82) is 0 Å². The number of halogens is 1. The maximum Gasteiger partial charge on any atom is 0.170 e. The van der Waals surface area contributed by atoms with Crippen LogP contribution in [0.25, 0.3) is 0 Å². The Kier molecular flexibility index (Phi) is 2.25. The van der Waals surface area contributed by atoms with Gasteiger partial charge in [-0.05, 0) is 43.4 Å². The predicted octanol–water partition coefficient (Wildman–Crippen LogP) is 4.06. The van der Waals surface area contributed by atoms with Crippen LogP contribution < -0.4 is 0 Å². The maximum absolute atomic E-state index is 12.6. The highest BCUT2D eigenvalue weighted by Crippen LogP contribution is 2.50. The van der Waals surface area contributed by atoms with Gasteiger partial charge in [0.2, 0.25) is 0 Å². The molecule has 2 aliphatic carbocycles. The average Bonchev–Trinajstić information content (AvgIpc) is 2.83. The van der Waals surface area contributed by atoms with Crippen LogP contribution in [-0.4, -0.2) is 5.78 Å². The van der Waals surface area contributed by atoms with E-state index in [2.05, 4.69) is 28.9 Å². The van der Waals surface area contributed by atoms with Gasteiger partial charge in [0.25, 0.3) is 0 Å². The van der Waals surface area contributed by atoms with Crippen LogP contribution in [0.4, 0.5) is 0 Å². The smallest absolute Gasteiger partial charge is 0.170 e. The van der Waals surface area contributed by atoms with Crippen LogP contribution in [0.5, 0.6) is 0 Å². The fourth-order valence-electron chi connectivity index (χ4n) is 3.34. The van der Waals surface area contributed by atoms with Crippen molar-refractivity contribution in [2.45, 2.75) is 39.0 Å². The second kappa shape index (κ2) is 3.43. The second-order valence-corrected chi connectivity index (χ2v) is 6.07. The van der Waals surface area contributed by atoms with E-state index in [-0.39, 0.29) is 5.41 Å². The van der Waals surface area contributed by atoms with Crippen molar-refractivity contribution < 1.29 is 4.79 Å². The van der Waals surface area contributed by atoms with E-state index in [1.54, 1.807) is 0 Å². The monoisotopic (exact) mass is 278 g/mol. The Morgan fingerprint density at radius 2 is 1.94 bits per heavy atom. The van der Waals surface area contributed by atoms with E-state index in [1.807, 2.05) is 6.07 Å². The fraction of sp³-hybridized carbons (Fsp3) is 0.500. The first-order valence-electron chi connectivity index (χ1n) is 5.97. The molecular weight excluding hydrogens is 264 g/mol. The van der Waals surface area contributed by atoms with E-state index in [1.165, 1.54) is 24.0 Å². The third kappa shape index (κ3) is 1.26. The van der Waals surface area contributed by atoms with Crippen molar-refractivity contribution in [1.82, 2.24) is 0 Å². The van der Waals surface area contributed by atoms with Crippen molar-refractivity contribution in [3.63, 3.8) is 0 Å². The quantitative estimate of drug-likeness (QED) is 0.700. The van der Waals surface area contributed by atoms with E-state index in [0.29, 0.717) is 5.78 Å². The summed E-state index contributed by atoms with van der Waals surface area (Å²) in [5.41, 5.74) is 3.51. The highest BCUT2D eigenvalue weighted by atomic mass is 79.9. The molecule has 1 nitrogen and oxygen atoms in total. The van der Waals surface area contributed by atoms with Gasteiger partial charge in [-0.3, -0.25) is 4.79 Å². The van der Waals surface area contributed by atoms with E-state index in [0.717, 1.165) is 29.3 Å². The van der Waals surface area contributed by atoms with Gasteiger partial charge in [0, 0.05) is 15.5 Å². The lowest BCUT2D eigenvalue weighted by Crippen LogP contribution is -2.23. The molecule has 0 heterocycles. The molecule has 0 aliphatic heterocycles. The number of carbonyl (C=O) groups is 1. The molecule has 0 bridgehead atoms. The standard InChI is InChI=1S/C14H15BrO/c1-9-4-5-11(15)12-10(9)8-14(13(12)16)6-2-3-7-14/h4-5H,2-3,6-8H2,1H3. The molecule has 0 saturated heterocycles. The van der Waals surface area contributed by atoms with Crippen LogP contribution in [0, 0.1) is 12.3 Å². The molecule has 1 aromatic carbocycles. The van der Waals surface area contributed by atoms with E-state index < -0.39 is 0 Å². The van der Waals surface area contributed by atoms with E-state index >= 15 is 0 Å². The number of rotatable bonds is 0.